The fourth-order valence-electron chi connectivity index (χ4n) is 4.36. The van der Waals surface area contributed by atoms with E-state index >= 15 is 0 Å². The quantitative estimate of drug-likeness (QED) is 0.468. The van der Waals surface area contributed by atoms with Crippen LogP contribution in [0.4, 0.5) is 9.18 Å². The number of aliphatic hydroxyl groups excluding tert-OH is 1. The fourth-order valence-corrected chi connectivity index (χ4v) is 4.60. The number of nitrogens with one attached hydrogen (secondary N) is 1. The molecule has 2 fully saturated rings. The maximum absolute atomic E-state index is 13.6. The van der Waals surface area contributed by atoms with E-state index in [1.807, 2.05) is 0 Å². The molecule has 1 saturated carbocycles. The molecule has 1 saturated heterocycles. The Kier molecular flexibility index (Phi) is 8.94. The molecule has 0 bridgehead atoms. The number of carbonyl (C=O) groups excluding carboxylic acids is 1. The molecule has 2 aliphatic rings. The van der Waals surface area contributed by atoms with Crippen molar-refractivity contribution in [3.63, 3.8) is 0 Å². The number of hydrogen-bond acceptors (Lipinski definition) is 6. The first-order valence-corrected chi connectivity index (χ1v) is 12.5. The molecule has 2 unspecified atom stereocenters. The second-order valence-corrected chi connectivity index (χ2v) is 9.72. The van der Waals surface area contributed by atoms with Crippen LogP contribution in [0.2, 0.25) is 10.0 Å². The lowest BCUT2D eigenvalue weighted by molar-refractivity contribution is 0.0961. The van der Waals surface area contributed by atoms with E-state index in [1.165, 1.54) is 12.1 Å². The topological polar surface area (TPSA) is 80.3 Å². The number of halogens is 3. The molecule has 4 rings (SSSR count). The summed E-state index contributed by atoms with van der Waals surface area (Å²) < 4.78 is 30.2. The Balaban J connectivity index is 1.14. The van der Waals surface area contributed by atoms with Crippen molar-refractivity contribution in [2.45, 2.75) is 50.0 Å². The smallest absolute Gasteiger partial charge is 0.410 e. The number of amides is 1. The molecule has 1 amide bonds. The van der Waals surface area contributed by atoms with Crippen molar-refractivity contribution in [1.82, 2.24) is 10.2 Å². The van der Waals surface area contributed by atoms with Gasteiger partial charge < -0.3 is 29.5 Å². The molecule has 2 aromatic rings. The third-order valence-corrected chi connectivity index (χ3v) is 6.82. The summed E-state index contributed by atoms with van der Waals surface area (Å²) >= 11 is 11.5. The summed E-state index contributed by atoms with van der Waals surface area (Å²) in [4.78, 5) is 14.2. The average Bonchev–Trinajstić information content (AvgIpc) is 3.24. The first-order valence-electron chi connectivity index (χ1n) is 11.7. The van der Waals surface area contributed by atoms with Crippen LogP contribution in [0.25, 0.3) is 0 Å². The van der Waals surface area contributed by atoms with Gasteiger partial charge in [-0.3, -0.25) is 0 Å². The van der Waals surface area contributed by atoms with Gasteiger partial charge >= 0.3 is 6.09 Å². The van der Waals surface area contributed by atoms with E-state index in [1.54, 1.807) is 35.2 Å². The van der Waals surface area contributed by atoms with Crippen molar-refractivity contribution in [3.05, 3.63) is 58.3 Å². The standard InChI is InChI=1S/C25H29Cl2FN2O5/c26-16-1-7-20(8-2-16)33-14-19(31)12-29-17-3-5-18(6-4-17)30-13-22(35-25(30)32)15-34-21-9-10-23(27)24(28)11-21/h1-2,7-11,17-19,22,29,31H,3-6,12-15H2/t17-,18-,19?,22?. The van der Waals surface area contributed by atoms with E-state index in [2.05, 4.69) is 5.32 Å². The fraction of sp³-hybridized carbons (Fsp3) is 0.480. The summed E-state index contributed by atoms with van der Waals surface area (Å²) in [5, 5.41) is 14.3. The lowest BCUT2D eigenvalue weighted by Crippen LogP contribution is -2.45. The van der Waals surface area contributed by atoms with Gasteiger partial charge in [-0.2, -0.15) is 0 Å². The minimum atomic E-state index is -0.633. The lowest BCUT2D eigenvalue weighted by atomic mass is 9.90. The van der Waals surface area contributed by atoms with Gasteiger partial charge in [-0.15, -0.1) is 0 Å². The number of aliphatic hydroxyl groups is 1. The maximum Gasteiger partial charge on any atom is 0.410 e. The molecule has 0 spiro atoms. The minimum absolute atomic E-state index is 0.0293. The number of carbonyl (C=O) groups is 1. The Hall–Kier alpha value is -2.26. The molecule has 1 heterocycles. The van der Waals surface area contributed by atoms with Crippen LogP contribution in [0.5, 0.6) is 11.5 Å². The summed E-state index contributed by atoms with van der Waals surface area (Å²) in [7, 11) is 0. The molecule has 1 aliphatic carbocycles. The van der Waals surface area contributed by atoms with Gasteiger partial charge in [-0.05, 0) is 62.1 Å². The highest BCUT2D eigenvalue weighted by Crippen LogP contribution is 2.28. The Morgan fingerprint density at radius 2 is 1.80 bits per heavy atom. The SMILES string of the molecule is O=C1OC(COc2ccc(Cl)c(F)c2)CN1[C@H]1CC[C@H](NCC(O)COc2ccc(Cl)cc2)CC1. The van der Waals surface area contributed by atoms with Crippen molar-refractivity contribution >= 4 is 29.3 Å². The number of nitrogens with zero attached hydrogens (tertiary/aromatic N) is 1. The predicted octanol–water partition coefficient (Wildman–Crippen LogP) is 4.67. The second kappa shape index (κ2) is 12.1. The van der Waals surface area contributed by atoms with Crippen molar-refractivity contribution in [3.8, 4) is 11.5 Å². The van der Waals surface area contributed by atoms with Crippen LogP contribution in [-0.2, 0) is 4.74 Å². The predicted molar refractivity (Wildman–Crippen MR) is 131 cm³/mol. The normalized spacial score (nSPS) is 23.1. The largest absolute Gasteiger partial charge is 0.491 e. The molecule has 0 aromatic heterocycles. The number of rotatable bonds is 10. The van der Waals surface area contributed by atoms with Gasteiger partial charge in [-0.25, -0.2) is 9.18 Å². The molecule has 2 atom stereocenters. The number of ether oxygens (including phenoxy) is 3. The maximum atomic E-state index is 13.6. The zero-order valence-corrected chi connectivity index (χ0v) is 20.7. The van der Waals surface area contributed by atoms with E-state index in [4.69, 9.17) is 37.4 Å². The van der Waals surface area contributed by atoms with Gasteiger partial charge in [0.25, 0.3) is 0 Å². The van der Waals surface area contributed by atoms with E-state index in [0.29, 0.717) is 29.6 Å². The van der Waals surface area contributed by atoms with Crippen molar-refractivity contribution < 1.29 is 28.5 Å². The van der Waals surface area contributed by atoms with E-state index < -0.39 is 18.0 Å². The molecule has 10 heteroatoms. The van der Waals surface area contributed by atoms with Gasteiger partial charge in [0.2, 0.25) is 0 Å². The molecule has 7 nitrogen and oxygen atoms in total. The van der Waals surface area contributed by atoms with Gasteiger partial charge in [-0.1, -0.05) is 23.2 Å². The van der Waals surface area contributed by atoms with Gasteiger partial charge in [0.05, 0.1) is 11.6 Å². The zero-order valence-electron chi connectivity index (χ0n) is 19.2. The van der Waals surface area contributed by atoms with Crippen LogP contribution in [0, 0.1) is 5.82 Å². The second-order valence-electron chi connectivity index (χ2n) is 8.88. The highest BCUT2D eigenvalue weighted by atomic mass is 35.5. The van der Waals surface area contributed by atoms with Crippen LogP contribution in [-0.4, -0.2) is 66.7 Å². The summed E-state index contributed by atoms with van der Waals surface area (Å²) in [5.74, 6) is 0.449. The number of cyclic esters (lactones) is 1. The summed E-state index contributed by atoms with van der Waals surface area (Å²) in [5.41, 5.74) is 0. The van der Waals surface area contributed by atoms with E-state index in [9.17, 15) is 14.3 Å². The third kappa shape index (κ3) is 7.36. The summed E-state index contributed by atoms with van der Waals surface area (Å²) in [6.45, 7) is 1.21. The molecule has 2 N–H and O–H groups in total. The van der Waals surface area contributed by atoms with Crippen LogP contribution < -0.4 is 14.8 Å². The van der Waals surface area contributed by atoms with E-state index in [0.717, 1.165) is 25.7 Å². The van der Waals surface area contributed by atoms with Gasteiger partial charge in [0.15, 0.2) is 6.10 Å². The highest BCUT2D eigenvalue weighted by molar-refractivity contribution is 6.30. The molecular formula is C25H29Cl2FN2O5. The van der Waals surface area contributed by atoms with Crippen molar-refractivity contribution in [2.24, 2.45) is 0 Å². The Bertz CT molecular complexity index is 988. The zero-order chi connectivity index (χ0) is 24.8. The van der Waals surface area contributed by atoms with Crippen LogP contribution in [0.1, 0.15) is 25.7 Å². The molecule has 190 valence electrons. The first-order chi connectivity index (χ1) is 16.9. The molecule has 35 heavy (non-hydrogen) atoms. The molecule has 0 radical (unpaired) electrons. The van der Waals surface area contributed by atoms with Crippen molar-refractivity contribution in [1.29, 1.82) is 0 Å². The van der Waals surface area contributed by atoms with Gasteiger partial charge in [0.1, 0.15) is 36.6 Å². The number of benzene rings is 2. The Morgan fingerprint density at radius 3 is 2.51 bits per heavy atom. The number of hydrogen-bond donors (Lipinski definition) is 2. The third-order valence-electron chi connectivity index (χ3n) is 6.26. The molecular weight excluding hydrogens is 498 g/mol. The first kappa shape index (κ1) is 25.8. The monoisotopic (exact) mass is 526 g/mol. The lowest BCUT2D eigenvalue weighted by Gasteiger charge is -2.34. The Labute approximate surface area is 214 Å². The van der Waals surface area contributed by atoms with Crippen LogP contribution in [0.15, 0.2) is 42.5 Å². The van der Waals surface area contributed by atoms with Gasteiger partial charge in [0, 0.05) is 29.7 Å². The molecule has 1 aliphatic heterocycles. The van der Waals surface area contributed by atoms with Crippen LogP contribution in [0.3, 0.4) is 0 Å². The Morgan fingerprint density at radius 1 is 1.09 bits per heavy atom. The summed E-state index contributed by atoms with van der Waals surface area (Å²) in [6, 6.07) is 11.6. The van der Waals surface area contributed by atoms with Crippen LogP contribution >= 0.6 is 23.2 Å². The van der Waals surface area contributed by atoms with Crippen molar-refractivity contribution in [2.75, 3.05) is 26.3 Å². The summed E-state index contributed by atoms with van der Waals surface area (Å²) in [6.07, 6.45) is 2.10. The van der Waals surface area contributed by atoms with E-state index in [-0.39, 0.29) is 36.4 Å². The highest BCUT2D eigenvalue weighted by Gasteiger charge is 2.38. The molecule has 2 aromatic carbocycles. The average molecular weight is 527 g/mol. The minimum Gasteiger partial charge on any atom is -0.491 e.